The number of hydrogen-bond acceptors (Lipinski definition) is 4. The summed E-state index contributed by atoms with van der Waals surface area (Å²) in [6.45, 7) is 0. The van der Waals surface area contributed by atoms with E-state index in [1.54, 1.807) is 0 Å². The van der Waals surface area contributed by atoms with E-state index < -0.39 is 11.7 Å². The fourth-order valence-corrected chi connectivity index (χ4v) is 5.67. The van der Waals surface area contributed by atoms with Crippen LogP contribution in [0.5, 0.6) is 0 Å². The number of hydrogen-bond donors (Lipinski definition) is 4. The third-order valence-corrected chi connectivity index (χ3v) is 7.27. The summed E-state index contributed by atoms with van der Waals surface area (Å²) in [5.74, 6) is -0.488. The molecule has 2 aliphatic rings. The quantitative estimate of drug-likeness (QED) is 0.302. The number of carbonyl (C=O) groups excluding carboxylic acids is 1. The molecule has 5 unspecified atom stereocenters. The molecule has 2 aromatic rings. The summed E-state index contributed by atoms with van der Waals surface area (Å²) in [6.07, 6.45) is 1.85. The van der Waals surface area contributed by atoms with Crippen molar-refractivity contribution in [3.63, 3.8) is 0 Å². The summed E-state index contributed by atoms with van der Waals surface area (Å²) in [5, 5.41) is 13.3. The second-order valence-corrected chi connectivity index (χ2v) is 9.26. The van der Waals surface area contributed by atoms with Gasteiger partial charge in [0.1, 0.15) is 17.2 Å². The summed E-state index contributed by atoms with van der Waals surface area (Å²) < 4.78 is 13.5. The predicted octanol–water partition coefficient (Wildman–Crippen LogP) is 3.81. The number of benzene rings is 2. The molecule has 5 atom stereocenters. The Hall–Kier alpha value is -2.90. The molecule has 2 aromatic carbocycles. The second kappa shape index (κ2) is 9.53. The highest BCUT2D eigenvalue weighted by Crippen LogP contribution is 2.55. The Balaban J connectivity index is 1.59. The number of amidine groups is 1. The lowest BCUT2D eigenvalue weighted by molar-refractivity contribution is -0.112. The van der Waals surface area contributed by atoms with Crippen LogP contribution in [-0.2, 0) is 4.79 Å². The van der Waals surface area contributed by atoms with Gasteiger partial charge in [-0.1, -0.05) is 41.9 Å². The molecule has 2 fully saturated rings. The van der Waals surface area contributed by atoms with E-state index in [0.717, 1.165) is 18.4 Å². The van der Waals surface area contributed by atoms with Crippen molar-refractivity contribution in [2.45, 2.75) is 31.3 Å². The summed E-state index contributed by atoms with van der Waals surface area (Å²) >= 11 is 5.83. The van der Waals surface area contributed by atoms with Gasteiger partial charge < -0.3 is 21.9 Å². The largest absolute Gasteiger partial charge is 0.401 e. The zero-order valence-corrected chi connectivity index (χ0v) is 19.1. The Morgan fingerprint density at radius 1 is 1.15 bits per heavy atom. The van der Waals surface area contributed by atoms with Crippen molar-refractivity contribution in [1.29, 1.82) is 0 Å². The molecule has 174 valence electrons. The molecule has 0 aromatic heterocycles. The van der Waals surface area contributed by atoms with Crippen LogP contribution in [-0.4, -0.2) is 30.0 Å². The first-order chi connectivity index (χ1) is 15.8. The van der Waals surface area contributed by atoms with Crippen molar-refractivity contribution < 1.29 is 14.3 Å². The Kier molecular flexibility index (Phi) is 6.72. The topological polar surface area (TPSA) is 114 Å². The average Bonchev–Trinajstić information content (AvgIpc) is 3.33. The van der Waals surface area contributed by atoms with Crippen LogP contribution in [0, 0.1) is 23.6 Å². The van der Waals surface area contributed by atoms with Gasteiger partial charge in [0.15, 0.2) is 0 Å². The summed E-state index contributed by atoms with van der Waals surface area (Å²) in [5.41, 5.74) is 14.6. The van der Waals surface area contributed by atoms with E-state index in [4.69, 9.17) is 23.1 Å². The van der Waals surface area contributed by atoms with Crippen LogP contribution in [0.15, 0.2) is 64.8 Å². The maximum absolute atomic E-state index is 13.5. The Morgan fingerprint density at radius 3 is 2.55 bits per heavy atom. The zero-order valence-electron chi connectivity index (χ0n) is 18.3. The molecule has 2 aliphatic carbocycles. The lowest BCUT2D eigenvalue weighted by Gasteiger charge is -2.23. The minimum atomic E-state index is -0.577. The number of anilines is 1. The molecule has 0 bridgehead atoms. The minimum Gasteiger partial charge on any atom is -0.401 e. The fourth-order valence-electron chi connectivity index (χ4n) is 5.49. The molecule has 33 heavy (non-hydrogen) atoms. The number of aliphatic hydroxyl groups is 1. The molecule has 6 nitrogen and oxygen atoms in total. The first-order valence-electron chi connectivity index (χ1n) is 11.0. The third-order valence-electron chi connectivity index (χ3n) is 6.98. The van der Waals surface area contributed by atoms with Gasteiger partial charge in [0.05, 0.1) is 11.1 Å². The summed E-state index contributed by atoms with van der Waals surface area (Å²) in [4.78, 5) is 17.1. The van der Waals surface area contributed by atoms with E-state index in [2.05, 4.69) is 22.4 Å². The molecule has 0 spiro atoms. The normalized spacial score (nSPS) is 27.8. The van der Waals surface area contributed by atoms with E-state index >= 15 is 0 Å². The SMILES string of the molecule is CN=C(N)/C(C(=O)Nc1ccc(F)c(Cl)c1)=C(\N)C1CC2CC(O)C(c3ccccc3)C2C1. The monoisotopic (exact) mass is 470 g/mol. The molecule has 2 saturated carbocycles. The molecule has 0 aliphatic heterocycles. The Labute approximate surface area is 197 Å². The lowest BCUT2D eigenvalue weighted by atomic mass is 9.84. The predicted molar refractivity (Wildman–Crippen MR) is 128 cm³/mol. The van der Waals surface area contributed by atoms with Gasteiger partial charge in [-0.05, 0) is 60.8 Å². The highest BCUT2D eigenvalue weighted by molar-refractivity contribution is 6.31. The number of nitrogens with zero attached hydrogens (tertiary/aromatic N) is 1. The molecule has 1 amide bonds. The van der Waals surface area contributed by atoms with Gasteiger partial charge in [0.25, 0.3) is 5.91 Å². The van der Waals surface area contributed by atoms with E-state index in [1.807, 2.05) is 18.2 Å². The molecule has 0 heterocycles. The highest BCUT2D eigenvalue weighted by atomic mass is 35.5. The van der Waals surface area contributed by atoms with Crippen molar-refractivity contribution >= 4 is 29.0 Å². The molecule has 8 heteroatoms. The average molecular weight is 471 g/mol. The van der Waals surface area contributed by atoms with Crippen LogP contribution < -0.4 is 16.8 Å². The van der Waals surface area contributed by atoms with Crippen LogP contribution in [0.25, 0.3) is 0 Å². The van der Waals surface area contributed by atoms with E-state index in [9.17, 15) is 14.3 Å². The lowest BCUT2D eigenvalue weighted by Crippen LogP contribution is -2.31. The Bertz CT molecular complexity index is 1100. The maximum atomic E-state index is 13.5. The number of allylic oxidation sites excluding steroid dienone is 1. The number of fused-ring (bicyclic) bond motifs is 1. The van der Waals surface area contributed by atoms with Crippen molar-refractivity contribution in [3.05, 3.63) is 76.2 Å². The first kappa shape index (κ1) is 23.3. The Morgan fingerprint density at radius 2 is 1.88 bits per heavy atom. The van der Waals surface area contributed by atoms with Crippen LogP contribution in [0.2, 0.25) is 5.02 Å². The van der Waals surface area contributed by atoms with E-state index in [-0.39, 0.29) is 40.3 Å². The van der Waals surface area contributed by atoms with Gasteiger partial charge in [-0.3, -0.25) is 9.79 Å². The standard InChI is InChI=1S/C25H28ClFN4O2/c1-30-24(29)22(25(33)31-16-7-8-19(27)18(26)12-16)23(28)15-9-14-11-20(32)21(17(14)10-15)13-5-3-2-4-6-13/h2-8,12,14-15,17,20-21,32H,9-11,28H2,1H3,(H2,29,30)(H,31,33)/b23-22+. The van der Waals surface area contributed by atoms with Crippen molar-refractivity contribution in [2.24, 2.45) is 34.2 Å². The van der Waals surface area contributed by atoms with Crippen LogP contribution in [0.4, 0.5) is 10.1 Å². The van der Waals surface area contributed by atoms with Gasteiger partial charge in [0, 0.05) is 24.4 Å². The van der Waals surface area contributed by atoms with Crippen LogP contribution in [0.1, 0.15) is 30.7 Å². The van der Waals surface area contributed by atoms with Crippen LogP contribution >= 0.6 is 11.6 Å². The number of nitrogens with two attached hydrogens (primary N) is 2. The highest BCUT2D eigenvalue weighted by Gasteiger charge is 2.49. The van der Waals surface area contributed by atoms with Crippen LogP contribution in [0.3, 0.4) is 0 Å². The number of nitrogens with one attached hydrogen (secondary N) is 1. The number of aliphatic imine (C=N–C) groups is 1. The molecular weight excluding hydrogens is 443 g/mol. The third kappa shape index (κ3) is 4.61. The molecule has 6 N–H and O–H groups in total. The second-order valence-electron chi connectivity index (χ2n) is 8.85. The number of halogens is 2. The first-order valence-corrected chi connectivity index (χ1v) is 11.4. The number of rotatable bonds is 5. The number of amides is 1. The van der Waals surface area contributed by atoms with Gasteiger partial charge in [-0.2, -0.15) is 0 Å². The zero-order chi connectivity index (χ0) is 23.7. The summed E-state index contributed by atoms with van der Waals surface area (Å²) in [7, 11) is 1.50. The molecule has 4 rings (SSSR count). The number of aliphatic hydroxyl groups excluding tert-OH is 1. The van der Waals surface area contributed by atoms with E-state index in [1.165, 1.54) is 25.2 Å². The minimum absolute atomic E-state index is 0.0370. The number of carbonyl (C=O) groups is 1. The van der Waals surface area contributed by atoms with Crippen molar-refractivity contribution in [3.8, 4) is 0 Å². The van der Waals surface area contributed by atoms with Gasteiger partial charge in [-0.25, -0.2) is 4.39 Å². The van der Waals surface area contributed by atoms with E-state index in [0.29, 0.717) is 23.7 Å². The van der Waals surface area contributed by atoms with Gasteiger partial charge >= 0.3 is 0 Å². The smallest absolute Gasteiger partial charge is 0.261 e. The molecular formula is C25H28ClFN4O2. The molecule has 0 radical (unpaired) electrons. The van der Waals surface area contributed by atoms with Crippen molar-refractivity contribution in [2.75, 3.05) is 12.4 Å². The van der Waals surface area contributed by atoms with Gasteiger partial charge in [-0.15, -0.1) is 0 Å². The maximum Gasteiger partial charge on any atom is 0.261 e. The van der Waals surface area contributed by atoms with Crippen molar-refractivity contribution in [1.82, 2.24) is 0 Å². The molecule has 0 saturated heterocycles. The van der Waals surface area contributed by atoms with Gasteiger partial charge in [0.2, 0.25) is 0 Å². The summed E-state index contributed by atoms with van der Waals surface area (Å²) in [6, 6.07) is 14.0. The fraction of sp³-hybridized carbons (Fsp3) is 0.360.